The molecule has 1 atom stereocenters. The van der Waals surface area contributed by atoms with Crippen molar-refractivity contribution in [2.45, 2.75) is 31.3 Å². The maximum atomic E-state index is 12.9. The standard InChI is InChI=1S/C29H26N6O5S/c1-3-25(40-28(37)20-9-14-23-24(17-20)34-26(33-23)19-7-5-4-6-8-19)27(36)32-21-10-12-22(13-11-21)41(38,39)35-29-30-16-15-18(2)31-29/h4-17,25H,3H2,1-2H3,(H,32,36)(H,33,34)(H,30,31,35). The van der Waals surface area contributed by atoms with Crippen molar-refractivity contribution >= 4 is 44.6 Å². The number of hydrogen-bond acceptors (Lipinski definition) is 8. The van der Waals surface area contributed by atoms with E-state index in [-0.39, 0.29) is 22.8 Å². The lowest BCUT2D eigenvalue weighted by atomic mass is 10.2. The van der Waals surface area contributed by atoms with E-state index in [9.17, 15) is 18.0 Å². The third kappa shape index (κ3) is 6.39. The zero-order chi connectivity index (χ0) is 29.0. The first kappa shape index (κ1) is 27.5. The Morgan fingerprint density at radius 1 is 0.976 bits per heavy atom. The summed E-state index contributed by atoms with van der Waals surface area (Å²) in [7, 11) is -3.94. The monoisotopic (exact) mass is 570 g/mol. The molecule has 0 aliphatic carbocycles. The van der Waals surface area contributed by atoms with Crippen LogP contribution in [0.4, 0.5) is 11.6 Å². The summed E-state index contributed by atoms with van der Waals surface area (Å²) in [6, 6.07) is 21.8. The molecule has 3 aromatic carbocycles. The van der Waals surface area contributed by atoms with E-state index >= 15 is 0 Å². The van der Waals surface area contributed by atoms with Crippen LogP contribution in [0.25, 0.3) is 22.4 Å². The maximum Gasteiger partial charge on any atom is 0.338 e. The zero-order valence-corrected chi connectivity index (χ0v) is 23.0. The maximum absolute atomic E-state index is 12.9. The summed E-state index contributed by atoms with van der Waals surface area (Å²) in [6.07, 6.45) is 0.616. The van der Waals surface area contributed by atoms with Gasteiger partial charge in [0, 0.05) is 23.1 Å². The van der Waals surface area contributed by atoms with Crippen molar-refractivity contribution in [3.63, 3.8) is 0 Å². The Hall–Kier alpha value is -5.10. The number of imidazole rings is 1. The predicted molar refractivity (Wildman–Crippen MR) is 154 cm³/mol. The van der Waals surface area contributed by atoms with Crippen LogP contribution in [0.1, 0.15) is 29.4 Å². The largest absolute Gasteiger partial charge is 0.449 e. The van der Waals surface area contributed by atoms with Crippen LogP contribution >= 0.6 is 0 Å². The minimum absolute atomic E-state index is 0.0382. The smallest absolute Gasteiger partial charge is 0.338 e. The molecule has 2 heterocycles. The average Bonchev–Trinajstić information content (AvgIpc) is 3.40. The number of benzene rings is 3. The van der Waals surface area contributed by atoms with Crippen molar-refractivity contribution < 1.29 is 22.7 Å². The fraction of sp³-hybridized carbons (Fsp3) is 0.138. The second-order valence-corrected chi connectivity index (χ2v) is 10.8. The molecular weight excluding hydrogens is 544 g/mol. The number of aromatic nitrogens is 4. The van der Waals surface area contributed by atoms with Crippen LogP contribution in [0, 0.1) is 6.92 Å². The summed E-state index contributed by atoms with van der Waals surface area (Å²) < 4.78 is 33.2. The topological polar surface area (TPSA) is 156 Å². The number of aromatic amines is 1. The van der Waals surface area contributed by atoms with Crippen molar-refractivity contribution in [2.75, 3.05) is 10.0 Å². The molecule has 0 radical (unpaired) electrons. The van der Waals surface area contributed by atoms with E-state index in [0.29, 0.717) is 28.2 Å². The highest BCUT2D eigenvalue weighted by Gasteiger charge is 2.23. The number of nitrogens with one attached hydrogen (secondary N) is 3. The quantitative estimate of drug-likeness (QED) is 0.215. The van der Waals surface area contributed by atoms with Crippen LogP contribution in [0.15, 0.2) is 90.0 Å². The Bertz CT molecular complexity index is 1820. The Balaban J connectivity index is 1.23. The lowest BCUT2D eigenvalue weighted by Crippen LogP contribution is -2.32. The van der Waals surface area contributed by atoms with Gasteiger partial charge in [-0.05, 0) is 61.9 Å². The van der Waals surface area contributed by atoms with Crippen LogP contribution < -0.4 is 10.0 Å². The van der Waals surface area contributed by atoms with Crippen molar-refractivity contribution in [2.24, 2.45) is 0 Å². The number of ether oxygens (including phenoxy) is 1. The van der Waals surface area contributed by atoms with E-state index < -0.39 is 28.0 Å². The number of amides is 1. The molecule has 1 unspecified atom stereocenters. The van der Waals surface area contributed by atoms with Crippen LogP contribution in [0.3, 0.4) is 0 Å². The van der Waals surface area contributed by atoms with E-state index in [1.54, 1.807) is 38.1 Å². The van der Waals surface area contributed by atoms with Crippen LogP contribution in [-0.2, 0) is 19.6 Å². The molecule has 41 heavy (non-hydrogen) atoms. The van der Waals surface area contributed by atoms with Gasteiger partial charge < -0.3 is 15.0 Å². The normalized spacial score (nSPS) is 12.0. The fourth-order valence-corrected chi connectivity index (χ4v) is 4.96. The first-order chi connectivity index (χ1) is 19.7. The highest BCUT2D eigenvalue weighted by molar-refractivity contribution is 7.92. The predicted octanol–water partition coefficient (Wildman–Crippen LogP) is 4.70. The van der Waals surface area contributed by atoms with Crippen LogP contribution in [-0.4, -0.2) is 46.3 Å². The van der Waals surface area contributed by atoms with Crippen molar-refractivity contribution in [1.29, 1.82) is 0 Å². The summed E-state index contributed by atoms with van der Waals surface area (Å²) in [6.45, 7) is 3.44. The number of nitrogens with zero attached hydrogens (tertiary/aromatic N) is 3. The minimum atomic E-state index is -3.94. The molecule has 12 heteroatoms. The molecule has 11 nitrogen and oxygen atoms in total. The molecule has 208 valence electrons. The third-order valence-corrected chi connectivity index (χ3v) is 7.47. The van der Waals surface area contributed by atoms with Gasteiger partial charge in [-0.2, -0.15) is 0 Å². The molecular formula is C29H26N6O5S. The summed E-state index contributed by atoms with van der Waals surface area (Å²) in [5, 5.41) is 2.66. The number of rotatable bonds is 9. The first-order valence-corrected chi connectivity index (χ1v) is 14.2. The van der Waals surface area contributed by atoms with Gasteiger partial charge in [0.1, 0.15) is 5.82 Å². The molecule has 0 aliphatic heterocycles. The second kappa shape index (κ2) is 11.6. The van der Waals surface area contributed by atoms with Crippen LogP contribution in [0.2, 0.25) is 0 Å². The van der Waals surface area contributed by atoms with Gasteiger partial charge in [0.05, 0.1) is 21.5 Å². The van der Waals surface area contributed by atoms with Crippen molar-refractivity contribution in [3.8, 4) is 11.4 Å². The molecule has 0 aliphatic rings. The molecule has 0 bridgehead atoms. The lowest BCUT2D eigenvalue weighted by molar-refractivity contribution is -0.124. The Morgan fingerprint density at radius 2 is 1.73 bits per heavy atom. The summed E-state index contributed by atoms with van der Waals surface area (Å²) in [5.41, 5.74) is 3.49. The zero-order valence-electron chi connectivity index (χ0n) is 22.2. The van der Waals surface area contributed by atoms with E-state index in [1.165, 1.54) is 30.5 Å². The van der Waals surface area contributed by atoms with E-state index in [1.807, 2.05) is 30.3 Å². The Morgan fingerprint density at radius 3 is 2.44 bits per heavy atom. The van der Waals surface area contributed by atoms with Gasteiger partial charge in [-0.3, -0.25) is 4.79 Å². The molecule has 0 spiro atoms. The van der Waals surface area contributed by atoms with Crippen LogP contribution in [0.5, 0.6) is 0 Å². The minimum Gasteiger partial charge on any atom is -0.449 e. The van der Waals surface area contributed by atoms with Crippen molar-refractivity contribution in [3.05, 3.63) is 96.3 Å². The number of esters is 1. The SMILES string of the molecule is CCC(OC(=O)c1ccc2nc(-c3ccccc3)[nH]c2c1)C(=O)Nc1ccc(S(=O)(=O)Nc2nccc(C)n2)cc1. The summed E-state index contributed by atoms with van der Waals surface area (Å²) >= 11 is 0. The van der Waals surface area contributed by atoms with Crippen molar-refractivity contribution in [1.82, 2.24) is 19.9 Å². The van der Waals surface area contributed by atoms with Gasteiger partial charge in [0.25, 0.3) is 15.9 Å². The fourth-order valence-electron chi connectivity index (χ4n) is 4.01. The van der Waals surface area contributed by atoms with E-state index in [0.717, 1.165) is 5.56 Å². The molecule has 5 aromatic rings. The van der Waals surface area contributed by atoms with Gasteiger partial charge in [-0.1, -0.05) is 37.3 Å². The Labute approximate surface area is 236 Å². The molecule has 3 N–H and O–H groups in total. The van der Waals surface area contributed by atoms with Gasteiger partial charge in [-0.25, -0.2) is 32.9 Å². The third-order valence-electron chi connectivity index (χ3n) is 6.13. The number of hydrogen-bond donors (Lipinski definition) is 3. The second-order valence-electron chi connectivity index (χ2n) is 9.13. The van der Waals surface area contributed by atoms with E-state index in [4.69, 9.17) is 4.74 Å². The highest BCUT2D eigenvalue weighted by Crippen LogP contribution is 2.22. The number of anilines is 2. The Kier molecular flexibility index (Phi) is 7.74. The van der Waals surface area contributed by atoms with Gasteiger partial charge in [0.15, 0.2) is 6.10 Å². The molecule has 0 saturated heterocycles. The van der Waals surface area contributed by atoms with Gasteiger partial charge in [0.2, 0.25) is 5.95 Å². The molecule has 1 amide bonds. The number of fused-ring (bicyclic) bond motifs is 1. The number of carbonyl (C=O) groups is 2. The van der Waals surface area contributed by atoms with E-state index in [2.05, 4.69) is 30.0 Å². The molecule has 5 rings (SSSR count). The number of aryl methyl sites for hydroxylation is 1. The molecule has 0 saturated carbocycles. The number of carbonyl (C=O) groups excluding carboxylic acids is 2. The van der Waals surface area contributed by atoms with Gasteiger partial charge in [-0.15, -0.1) is 0 Å². The van der Waals surface area contributed by atoms with Gasteiger partial charge >= 0.3 is 5.97 Å². The lowest BCUT2D eigenvalue weighted by Gasteiger charge is -2.16. The summed E-state index contributed by atoms with van der Waals surface area (Å²) in [4.78, 5) is 41.5. The number of sulfonamides is 1. The molecule has 0 fully saturated rings. The average molecular weight is 571 g/mol. The summed E-state index contributed by atoms with van der Waals surface area (Å²) in [5.74, 6) is -0.569. The first-order valence-electron chi connectivity index (χ1n) is 12.7. The highest BCUT2D eigenvalue weighted by atomic mass is 32.2. The number of H-pyrrole nitrogens is 1. The molecule has 2 aromatic heterocycles.